The van der Waals surface area contributed by atoms with Crippen LogP contribution >= 0.6 is 11.6 Å². The highest BCUT2D eigenvalue weighted by molar-refractivity contribution is 6.30. The van der Waals surface area contributed by atoms with Gasteiger partial charge in [0.15, 0.2) is 0 Å². The Hall–Kier alpha value is -0.800. The van der Waals surface area contributed by atoms with Crippen LogP contribution in [0.4, 0.5) is 10.1 Å². The zero-order valence-electron chi connectivity index (χ0n) is 8.39. The van der Waals surface area contributed by atoms with Gasteiger partial charge in [0.2, 0.25) is 0 Å². The third kappa shape index (κ3) is 2.83. The van der Waals surface area contributed by atoms with Crippen LogP contribution in [0.25, 0.3) is 0 Å². The summed E-state index contributed by atoms with van der Waals surface area (Å²) in [4.78, 5) is 0. The molecule has 1 heterocycles. The minimum absolute atomic E-state index is 0.172. The van der Waals surface area contributed by atoms with Crippen molar-refractivity contribution in [1.82, 2.24) is 5.32 Å². The molecular weight excluding hydrogens is 215 g/mol. The minimum atomic E-state index is -0.365. The summed E-state index contributed by atoms with van der Waals surface area (Å²) >= 11 is 5.61. The highest BCUT2D eigenvalue weighted by atomic mass is 35.5. The lowest BCUT2D eigenvalue weighted by atomic mass is 10.1. The first kappa shape index (κ1) is 10.7. The molecular formula is C11H14ClFN2. The Morgan fingerprint density at radius 2 is 2.07 bits per heavy atom. The quantitative estimate of drug-likeness (QED) is 0.813. The van der Waals surface area contributed by atoms with Gasteiger partial charge < -0.3 is 10.6 Å². The van der Waals surface area contributed by atoms with Gasteiger partial charge in [-0.05, 0) is 44.1 Å². The molecule has 15 heavy (non-hydrogen) atoms. The number of hydrogen-bond donors (Lipinski definition) is 2. The summed E-state index contributed by atoms with van der Waals surface area (Å²) in [5, 5.41) is 6.77. The predicted molar refractivity (Wildman–Crippen MR) is 60.9 cm³/mol. The standard InChI is InChI=1S/C11H14ClFN2/c12-10-2-1-9(7-11(10)13)15-8-3-5-14-6-4-8/h1-2,7-8,14-15H,3-6H2. The van der Waals surface area contributed by atoms with Crippen molar-refractivity contribution in [2.24, 2.45) is 0 Å². The zero-order chi connectivity index (χ0) is 10.7. The summed E-state index contributed by atoms with van der Waals surface area (Å²) < 4.78 is 13.1. The van der Waals surface area contributed by atoms with Crippen LogP contribution in [0.3, 0.4) is 0 Å². The molecule has 0 radical (unpaired) electrons. The van der Waals surface area contributed by atoms with Crippen LogP contribution in [0, 0.1) is 5.82 Å². The molecule has 4 heteroatoms. The number of benzene rings is 1. The first-order valence-electron chi connectivity index (χ1n) is 5.18. The summed E-state index contributed by atoms with van der Waals surface area (Å²) in [5.41, 5.74) is 0.809. The Morgan fingerprint density at radius 3 is 2.73 bits per heavy atom. The van der Waals surface area contributed by atoms with Crippen LogP contribution in [0.2, 0.25) is 5.02 Å². The number of rotatable bonds is 2. The third-order valence-electron chi connectivity index (χ3n) is 2.63. The van der Waals surface area contributed by atoms with Gasteiger partial charge in [0.1, 0.15) is 5.82 Å². The molecule has 1 saturated heterocycles. The summed E-state index contributed by atoms with van der Waals surface area (Å²) in [6.07, 6.45) is 2.15. The van der Waals surface area contributed by atoms with E-state index in [1.54, 1.807) is 6.07 Å². The van der Waals surface area contributed by atoms with Gasteiger partial charge in [-0.2, -0.15) is 0 Å². The smallest absolute Gasteiger partial charge is 0.143 e. The Kier molecular flexibility index (Phi) is 3.44. The molecule has 1 fully saturated rings. The Balaban J connectivity index is 2.00. The lowest BCUT2D eigenvalue weighted by Gasteiger charge is -2.24. The molecule has 0 bridgehead atoms. The fourth-order valence-corrected chi connectivity index (χ4v) is 1.91. The van der Waals surface area contributed by atoms with Crippen LogP contribution in [-0.4, -0.2) is 19.1 Å². The highest BCUT2D eigenvalue weighted by Crippen LogP contribution is 2.20. The number of hydrogen-bond acceptors (Lipinski definition) is 2. The fraction of sp³-hybridized carbons (Fsp3) is 0.455. The van der Waals surface area contributed by atoms with Crippen LogP contribution in [0.5, 0.6) is 0 Å². The van der Waals surface area contributed by atoms with Crippen molar-refractivity contribution in [3.05, 3.63) is 29.0 Å². The molecule has 1 aromatic rings. The molecule has 82 valence electrons. The Morgan fingerprint density at radius 1 is 1.33 bits per heavy atom. The van der Waals surface area contributed by atoms with Gasteiger partial charge in [-0.25, -0.2) is 4.39 Å². The van der Waals surface area contributed by atoms with Crippen molar-refractivity contribution in [3.8, 4) is 0 Å². The summed E-state index contributed by atoms with van der Waals surface area (Å²) in [7, 11) is 0. The van der Waals surface area contributed by atoms with Crippen LogP contribution < -0.4 is 10.6 Å². The van der Waals surface area contributed by atoms with E-state index in [2.05, 4.69) is 10.6 Å². The van der Waals surface area contributed by atoms with E-state index in [0.717, 1.165) is 31.6 Å². The Labute approximate surface area is 93.8 Å². The van der Waals surface area contributed by atoms with E-state index in [-0.39, 0.29) is 10.8 Å². The lowest BCUT2D eigenvalue weighted by molar-refractivity contribution is 0.479. The fourth-order valence-electron chi connectivity index (χ4n) is 1.79. The zero-order valence-corrected chi connectivity index (χ0v) is 9.15. The van der Waals surface area contributed by atoms with Gasteiger partial charge in [0.05, 0.1) is 5.02 Å². The molecule has 1 aliphatic rings. The summed E-state index contributed by atoms with van der Waals surface area (Å²) in [6.45, 7) is 2.04. The van der Waals surface area contributed by atoms with Crippen molar-refractivity contribution in [2.45, 2.75) is 18.9 Å². The second-order valence-electron chi connectivity index (χ2n) is 3.80. The second-order valence-corrected chi connectivity index (χ2v) is 4.20. The molecule has 2 N–H and O–H groups in total. The molecule has 0 spiro atoms. The molecule has 0 atom stereocenters. The van der Waals surface area contributed by atoms with Gasteiger partial charge in [0, 0.05) is 11.7 Å². The SMILES string of the molecule is Fc1cc(NC2CCNCC2)ccc1Cl. The third-order valence-corrected chi connectivity index (χ3v) is 2.94. The van der Waals surface area contributed by atoms with Crippen molar-refractivity contribution >= 4 is 17.3 Å². The first-order valence-corrected chi connectivity index (χ1v) is 5.56. The lowest BCUT2D eigenvalue weighted by Crippen LogP contribution is -2.35. The van der Waals surface area contributed by atoms with Crippen LogP contribution in [0.1, 0.15) is 12.8 Å². The van der Waals surface area contributed by atoms with Crippen LogP contribution in [-0.2, 0) is 0 Å². The highest BCUT2D eigenvalue weighted by Gasteiger charge is 2.12. The number of piperidine rings is 1. The van der Waals surface area contributed by atoms with E-state index in [4.69, 9.17) is 11.6 Å². The molecule has 2 nitrogen and oxygen atoms in total. The molecule has 2 rings (SSSR count). The van der Waals surface area contributed by atoms with Crippen LogP contribution in [0.15, 0.2) is 18.2 Å². The van der Waals surface area contributed by atoms with Crippen molar-refractivity contribution < 1.29 is 4.39 Å². The second kappa shape index (κ2) is 4.81. The molecule has 0 unspecified atom stereocenters. The summed E-state index contributed by atoms with van der Waals surface area (Å²) in [5.74, 6) is -0.365. The average molecular weight is 229 g/mol. The van der Waals surface area contributed by atoms with E-state index in [1.165, 1.54) is 6.07 Å². The minimum Gasteiger partial charge on any atom is -0.382 e. The van der Waals surface area contributed by atoms with E-state index < -0.39 is 0 Å². The van der Waals surface area contributed by atoms with E-state index >= 15 is 0 Å². The predicted octanol–water partition coefficient (Wildman–Crippen LogP) is 2.64. The van der Waals surface area contributed by atoms with E-state index in [9.17, 15) is 4.39 Å². The van der Waals surface area contributed by atoms with Gasteiger partial charge in [-0.1, -0.05) is 11.6 Å². The molecule has 0 saturated carbocycles. The molecule has 0 aliphatic carbocycles. The molecule has 1 aliphatic heterocycles. The molecule has 0 aromatic heterocycles. The van der Waals surface area contributed by atoms with E-state index in [1.807, 2.05) is 6.07 Å². The van der Waals surface area contributed by atoms with Gasteiger partial charge in [-0.15, -0.1) is 0 Å². The van der Waals surface area contributed by atoms with Gasteiger partial charge in [-0.3, -0.25) is 0 Å². The topological polar surface area (TPSA) is 24.1 Å². The maximum absolute atomic E-state index is 13.1. The Bertz CT molecular complexity index is 337. The number of nitrogens with one attached hydrogen (secondary N) is 2. The number of anilines is 1. The van der Waals surface area contributed by atoms with Gasteiger partial charge in [0.25, 0.3) is 0 Å². The average Bonchev–Trinajstić information content (AvgIpc) is 2.25. The largest absolute Gasteiger partial charge is 0.382 e. The molecule has 1 aromatic carbocycles. The maximum Gasteiger partial charge on any atom is 0.143 e. The maximum atomic E-state index is 13.1. The van der Waals surface area contributed by atoms with Crippen molar-refractivity contribution in [3.63, 3.8) is 0 Å². The monoisotopic (exact) mass is 228 g/mol. The number of halogens is 2. The normalized spacial score (nSPS) is 17.7. The summed E-state index contributed by atoms with van der Waals surface area (Å²) in [6, 6.07) is 5.28. The van der Waals surface area contributed by atoms with Crippen molar-refractivity contribution in [1.29, 1.82) is 0 Å². The first-order chi connectivity index (χ1) is 7.25. The van der Waals surface area contributed by atoms with Crippen molar-refractivity contribution in [2.75, 3.05) is 18.4 Å². The van der Waals surface area contributed by atoms with Gasteiger partial charge >= 0.3 is 0 Å². The van der Waals surface area contributed by atoms with E-state index in [0.29, 0.717) is 6.04 Å². The molecule has 0 amide bonds.